The van der Waals surface area contributed by atoms with Crippen molar-refractivity contribution in [2.24, 2.45) is 11.8 Å². The van der Waals surface area contributed by atoms with E-state index in [2.05, 4.69) is 13.2 Å². The first-order valence-corrected chi connectivity index (χ1v) is 14.7. The molecule has 3 heterocycles. The van der Waals surface area contributed by atoms with Crippen LogP contribution < -0.4 is 0 Å². The number of hydrogen-bond donors (Lipinski definition) is 1. The molecule has 2 aromatic rings. The number of allylic oxidation sites excluding steroid dienone is 1. The minimum Gasteiger partial charge on any atom is -0.465 e. The van der Waals surface area contributed by atoms with Crippen LogP contribution in [0.25, 0.3) is 0 Å². The number of nitrogens with zero attached hydrogens (tertiary/aromatic N) is 2. The third-order valence-electron chi connectivity index (χ3n) is 9.07. The Bertz CT molecular complexity index is 1320. The van der Waals surface area contributed by atoms with E-state index in [9.17, 15) is 19.5 Å². The molecule has 6 atom stereocenters. The molecule has 0 saturated carbocycles. The van der Waals surface area contributed by atoms with Gasteiger partial charge in [0.25, 0.3) is 0 Å². The molecule has 2 bridgehead atoms. The molecule has 3 saturated heterocycles. The molecule has 8 heteroatoms. The summed E-state index contributed by atoms with van der Waals surface area (Å²) in [6.45, 7) is 9.82. The van der Waals surface area contributed by atoms with Crippen molar-refractivity contribution in [3.63, 3.8) is 0 Å². The highest BCUT2D eigenvalue weighted by molar-refractivity contribution is 5.98. The molecule has 1 N–H and O–H groups in total. The number of likely N-dealkylation sites (tertiary alicyclic amines) is 1. The van der Waals surface area contributed by atoms with E-state index in [1.54, 1.807) is 17.1 Å². The summed E-state index contributed by atoms with van der Waals surface area (Å²) in [7, 11) is 0. The molecular weight excluding hydrogens is 532 g/mol. The van der Waals surface area contributed by atoms with Crippen LogP contribution in [0.15, 0.2) is 86.0 Å². The van der Waals surface area contributed by atoms with Crippen molar-refractivity contribution in [3.05, 3.63) is 97.1 Å². The highest BCUT2D eigenvalue weighted by Crippen LogP contribution is 2.64. The van der Waals surface area contributed by atoms with E-state index in [4.69, 9.17) is 9.47 Å². The number of carbonyl (C=O) groups is 3. The van der Waals surface area contributed by atoms with E-state index in [1.165, 1.54) is 4.90 Å². The van der Waals surface area contributed by atoms with Gasteiger partial charge in [0.05, 0.1) is 30.8 Å². The third kappa shape index (κ3) is 5.07. The summed E-state index contributed by atoms with van der Waals surface area (Å²) in [5.41, 5.74) is -0.537. The molecule has 1 spiro atoms. The van der Waals surface area contributed by atoms with Gasteiger partial charge in [0.1, 0.15) is 17.6 Å². The number of aliphatic hydroxyl groups is 1. The summed E-state index contributed by atoms with van der Waals surface area (Å²) in [5.74, 6) is -2.92. The molecular formula is C34H40N2O6. The molecule has 42 heavy (non-hydrogen) atoms. The Labute approximate surface area is 247 Å². The Morgan fingerprint density at radius 2 is 1.81 bits per heavy atom. The zero-order chi connectivity index (χ0) is 29.9. The number of aliphatic hydroxyl groups excluding tert-OH is 1. The van der Waals surface area contributed by atoms with Crippen LogP contribution in [0.2, 0.25) is 0 Å². The molecule has 2 aromatic carbocycles. The fraction of sp³-hybridized carbons (Fsp3) is 0.441. The van der Waals surface area contributed by atoms with E-state index in [-0.39, 0.29) is 25.0 Å². The second-order valence-electron chi connectivity index (χ2n) is 11.7. The smallest absolute Gasteiger partial charge is 0.312 e. The van der Waals surface area contributed by atoms with E-state index < -0.39 is 47.7 Å². The predicted octanol–water partition coefficient (Wildman–Crippen LogP) is 4.21. The van der Waals surface area contributed by atoms with Gasteiger partial charge in [-0.2, -0.15) is 0 Å². The number of esters is 1. The number of hydrogen-bond acceptors (Lipinski definition) is 6. The lowest BCUT2D eigenvalue weighted by Gasteiger charge is -2.39. The molecule has 3 aliphatic heterocycles. The third-order valence-corrected chi connectivity index (χ3v) is 9.07. The SMILES string of the molecule is C=CCCCOC(=O)[C@@H]1[C@H]2C(=O)N([C@H](CO)c3ccccc3)C(C(=O)N(CC=C)Cc3ccccc3)C23CC[C@@]1(C)O3. The summed E-state index contributed by atoms with van der Waals surface area (Å²) in [6, 6.07) is 17.0. The topological polar surface area (TPSA) is 96.4 Å². The van der Waals surface area contributed by atoms with Gasteiger partial charge in [0, 0.05) is 13.1 Å². The van der Waals surface area contributed by atoms with Gasteiger partial charge in [-0.3, -0.25) is 14.4 Å². The summed E-state index contributed by atoms with van der Waals surface area (Å²) in [5, 5.41) is 10.7. The number of benzene rings is 2. The van der Waals surface area contributed by atoms with Gasteiger partial charge < -0.3 is 24.4 Å². The van der Waals surface area contributed by atoms with Crippen LogP contribution in [0.5, 0.6) is 0 Å². The van der Waals surface area contributed by atoms with Gasteiger partial charge in [-0.05, 0) is 43.7 Å². The second-order valence-corrected chi connectivity index (χ2v) is 11.7. The first kappa shape index (κ1) is 29.7. The Morgan fingerprint density at radius 3 is 2.45 bits per heavy atom. The maximum atomic E-state index is 14.7. The first-order valence-electron chi connectivity index (χ1n) is 14.7. The summed E-state index contributed by atoms with van der Waals surface area (Å²) < 4.78 is 12.4. The zero-order valence-corrected chi connectivity index (χ0v) is 24.2. The Kier molecular flexibility index (Phi) is 8.66. The Hall–Kier alpha value is -3.75. The molecule has 2 unspecified atom stereocenters. The number of carbonyl (C=O) groups excluding carboxylic acids is 3. The summed E-state index contributed by atoms with van der Waals surface area (Å²) in [4.78, 5) is 46.0. The fourth-order valence-corrected chi connectivity index (χ4v) is 7.22. The molecule has 5 rings (SSSR count). The Morgan fingerprint density at radius 1 is 1.12 bits per heavy atom. The van der Waals surface area contributed by atoms with Crippen molar-refractivity contribution < 1.29 is 29.0 Å². The zero-order valence-electron chi connectivity index (χ0n) is 24.2. The molecule has 0 radical (unpaired) electrons. The van der Waals surface area contributed by atoms with Crippen molar-refractivity contribution >= 4 is 17.8 Å². The monoisotopic (exact) mass is 572 g/mol. The van der Waals surface area contributed by atoms with Crippen LogP contribution >= 0.6 is 0 Å². The lowest BCUT2D eigenvalue weighted by molar-refractivity contribution is -0.162. The van der Waals surface area contributed by atoms with Crippen LogP contribution in [0.3, 0.4) is 0 Å². The highest BCUT2D eigenvalue weighted by Gasteiger charge is 2.79. The molecule has 2 amide bonds. The standard InChI is InChI=1S/C34H40N2O6/c1-4-6-13-21-41-32(40)28-27-30(38)36(26(23-37)25-16-11-8-12-17-25)29(34(27)19-18-33(28,3)42-34)31(39)35(20-5-2)22-24-14-9-7-10-15-24/h4-5,7-12,14-17,26-29,37H,1-2,6,13,18-23H2,3H3/t26-,27+,28+,29?,33-,34?/m1/s1. The molecule has 0 aromatic heterocycles. The van der Waals surface area contributed by atoms with E-state index in [1.807, 2.05) is 67.6 Å². The molecule has 3 aliphatic rings. The minimum atomic E-state index is -1.23. The Balaban J connectivity index is 1.57. The van der Waals surface area contributed by atoms with E-state index >= 15 is 0 Å². The summed E-state index contributed by atoms with van der Waals surface area (Å²) in [6.07, 6.45) is 5.71. The van der Waals surface area contributed by atoms with E-state index in [0.717, 1.165) is 5.56 Å². The van der Waals surface area contributed by atoms with Crippen molar-refractivity contribution in [1.29, 1.82) is 0 Å². The van der Waals surface area contributed by atoms with Gasteiger partial charge in [-0.25, -0.2) is 0 Å². The maximum Gasteiger partial charge on any atom is 0.312 e. The van der Waals surface area contributed by atoms with Crippen molar-refractivity contribution in [3.8, 4) is 0 Å². The average Bonchev–Trinajstić information content (AvgIpc) is 3.57. The van der Waals surface area contributed by atoms with Crippen LogP contribution in [0.4, 0.5) is 0 Å². The van der Waals surface area contributed by atoms with Gasteiger partial charge in [-0.15, -0.1) is 13.2 Å². The molecule has 222 valence electrons. The van der Waals surface area contributed by atoms with Crippen LogP contribution in [-0.4, -0.2) is 69.7 Å². The normalized spacial score (nSPS) is 28.3. The average molecular weight is 573 g/mol. The number of unbranched alkanes of at least 4 members (excludes halogenated alkanes) is 1. The number of rotatable bonds is 13. The van der Waals surface area contributed by atoms with Crippen molar-refractivity contribution in [1.82, 2.24) is 9.80 Å². The van der Waals surface area contributed by atoms with Gasteiger partial charge in [-0.1, -0.05) is 72.8 Å². The lowest BCUT2D eigenvalue weighted by atomic mass is 9.66. The molecule has 3 fully saturated rings. The van der Waals surface area contributed by atoms with E-state index in [0.29, 0.717) is 37.8 Å². The largest absolute Gasteiger partial charge is 0.465 e. The summed E-state index contributed by atoms with van der Waals surface area (Å²) >= 11 is 0. The lowest BCUT2D eigenvalue weighted by Crippen LogP contribution is -2.57. The van der Waals surface area contributed by atoms with Crippen LogP contribution in [-0.2, 0) is 30.4 Å². The van der Waals surface area contributed by atoms with Crippen molar-refractivity contribution in [2.45, 2.75) is 62.4 Å². The van der Waals surface area contributed by atoms with Crippen LogP contribution in [0, 0.1) is 11.8 Å². The van der Waals surface area contributed by atoms with Gasteiger partial charge in [0.15, 0.2) is 0 Å². The number of ether oxygens (including phenoxy) is 2. The highest BCUT2D eigenvalue weighted by atomic mass is 16.6. The maximum absolute atomic E-state index is 14.7. The predicted molar refractivity (Wildman–Crippen MR) is 158 cm³/mol. The first-order chi connectivity index (χ1) is 20.3. The quantitative estimate of drug-likeness (QED) is 0.220. The van der Waals surface area contributed by atoms with Crippen molar-refractivity contribution in [2.75, 3.05) is 19.8 Å². The minimum absolute atomic E-state index is 0.213. The van der Waals surface area contributed by atoms with Crippen LogP contribution in [0.1, 0.15) is 49.8 Å². The fourth-order valence-electron chi connectivity index (χ4n) is 7.22. The molecule has 0 aliphatic carbocycles. The second kappa shape index (κ2) is 12.2. The van der Waals surface area contributed by atoms with Gasteiger partial charge in [0.2, 0.25) is 11.8 Å². The number of amides is 2. The van der Waals surface area contributed by atoms with Gasteiger partial charge >= 0.3 is 5.97 Å². The number of fused-ring (bicyclic) bond motifs is 1. The molecule has 8 nitrogen and oxygen atoms in total.